The van der Waals surface area contributed by atoms with Crippen LogP contribution in [-0.2, 0) is 12.0 Å². The number of thiazole rings is 1. The highest BCUT2D eigenvalue weighted by Gasteiger charge is 2.21. The molecule has 1 aromatic rings. The Morgan fingerprint density at radius 2 is 2.00 bits per heavy atom. The summed E-state index contributed by atoms with van der Waals surface area (Å²) >= 11 is 1.80. The van der Waals surface area contributed by atoms with Crippen molar-refractivity contribution in [2.45, 2.75) is 77.8 Å². The van der Waals surface area contributed by atoms with E-state index < -0.39 is 0 Å². The van der Waals surface area contributed by atoms with Gasteiger partial charge in [0.05, 0.1) is 5.69 Å². The Bertz CT molecular complexity index is 392. The van der Waals surface area contributed by atoms with Crippen molar-refractivity contribution in [2.75, 3.05) is 0 Å². The van der Waals surface area contributed by atoms with E-state index >= 15 is 0 Å². The van der Waals surface area contributed by atoms with E-state index in [9.17, 15) is 0 Å². The van der Waals surface area contributed by atoms with E-state index in [0.717, 1.165) is 12.5 Å². The normalized spacial score (nSPS) is 25.3. The molecule has 1 heterocycles. The van der Waals surface area contributed by atoms with Crippen molar-refractivity contribution >= 4 is 11.3 Å². The first kappa shape index (κ1) is 15.0. The summed E-state index contributed by atoms with van der Waals surface area (Å²) in [6.45, 7) is 10.0. The second-order valence-corrected chi connectivity index (χ2v) is 7.92. The lowest BCUT2D eigenvalue weighted by Crippen LogP contribution is -2.33. The summed E-state index contributed by atoms with van der Waals surface area (Å²) in [7, 11) is 0. The highest BCUT2D eigenvalue weighted by Crippen LogP contribution is 2.25. The Balaban J connectivity index is 1.89. The van der Waals surface area contributed by atoms with Crippen molar-refractivity contribution in [1.29, 1.82) is 0 Å². The van der Waals surface area contributed by atoms with Crippen LogP contribution >= 0.6 is 11.3 Å². The van der Waals surface area contributed by atoms with Crippen LogP contribution < -0.4 is 5.32 Å². The fourth-order valence-corrected chi connectivity index (χ4v) is 3.72. The lowest BCUT2D eigenvalue weighted by Gasteiger charge is -2.22. The molecule has 1 aliphatic carbocycles. The summed E-state index contributed by atoms with van der Waals surface area (Å²) in [4.78, 5) is 4.77. The Hall–Kier alpha value is -0.410. The lowest BCUT2D eigenvalue weighted by atomic mass is 9.93. The Morgan fingerprint density at radius 1 is 1.26 bits per heavy atom. The highest BCUT2D eigenvalue weighted by molar-refractivity contribution is 7.09. The van der Waals surface area contributed by atoms with Gasteiger partial charge in [-0.2, -0.15) is 0 Å². The third-order valence-corrected chi connectivity index (χ3v) is 5.05. The van der Waals surface area contributed by atoms with Gasteiger partial charge >= 0.3 is 0 Å². The van der Waals surface area contributed by atoms with Crippen molar-refractivity contribution in [1.82, 2.24) is 10.3 Å². The molecule has 1 aliphatic rings. The van der Waals surface area contributed by atoms with Gasteiger partial charge in [-0.1, -0.05) is 47.0 Å². The van der Waals surface area contributed by atoms with Crippen LogP contribution in [0.1, 0.15) is 70.5 Å². The average molecular weight is 280 g/mol. The summed E-state index contributed by atoms with van der Waals surface area (Å²) in [6.07, 6.45) is 6.91. The molecule has 108 valence electrons. The Kier molecular flexibility index (Phi) is 5.02. The second kappa shape index (κ2) is 6.36. The molecule has 0 amide bonds. The fourth-order valence-electron chi connectivity index (χ4n) is 2.75. The summed E-state index contributed by atoms with van der Waals surface area (Å²) in [5.41, 5.74) is 1.40. The minimum Gasteiger partial charge on any atom is -0.307 e. The topological polar surface area (TPSA) is 24.9 Å². The molecule has 2 rings (SSSR count). The monoisotopic (exact) mass is 280 g/mol. The van der Waals surface area contributed by atoms with Gasteiger partial charge in [-0.3, -0.25) is 0 Å². The number of hydrogen-bond acceptors (Lipinski definition) is 3. The molecule has 2 atom stereocenters. The lowest BCUT2D eigenvalue weighted by molar-refractivity contribution is 0.355. The molecule has 3 heteroatoms. The van der Waals surface area contributed by atoms with Crippen LogP contribution in [0.15, 0.2) is 5.38 Å². The molecule has 0 saturated heterocycles. The largest absolute Gasteiger partial charge is 0.307 e. The standard InChI is InChI=1S/C16H28N2S/c1-12-8-6-5-7-9-13(12)17-10-15-18-14(11-19-15)16(2,3)4/h11-13,17H,5-10H2,1-4H3. The molecule has 2 nitrogen and oxygen atoms in total. The van der Waals surface area contributed by atoms with Crippen molar-refractivity contribution in [3.63, 3.8) is 0 Å². The minimum absolute atomic E-state index is 0.171. The number of nitrogens with one attached hydrogen (secondary N) is 1. The van der Waals surface area contributed by atoms with E-state index in [1.807, 2.05) is 0 Å². The number of rotatable bonds is 3. The third kappa shape index (κ3) is 4.28. The van der Waals surface area contributed by atoms with Gasteiger partial charge < -0.3 is 5.32 Å². The zero-order valence-electron chi connectivity index (χ0n) is 12.8. The average Bonchev–Trinajstić information content (AvgIpc) is 2.72. The first-order valence-electron chi connectivity index (χ1n) is 7.65. The van der Waals surface area contributed by atoms with Gasteiger partial charge in [-0.15, -0.1) is 11.3 Å². The molecule has 0 bridgehead atoms. The van der Waals surface area contributed by atoms with Gasteiger partial charge in [-0.05, 0) is 18.8 Å². The second-order valence-electron chi connectivity index (χ2n) is 6.98. The number of aromatic nitrogens is 1. The summed E-state index contributed by atoms with van der Waals surface area (Å²) in [6, 6.07) is 0.685. The van der Waals surface area contributed by atoms with E-state index in [1.165, 1.54) is 42.8 Å². The predicted octanol–water partition coefficient (Wildman–Crippen LogP) is 4.50. The molecule has 1 N–H and O–H groups in total. The van der Waals surface area contributed by atoms with E-state index in [0.29, 0.717) is 6.04 Å². The first-order valence-corrected chi connectivity index (χ1v) is 8.53. The van der Waals surface area contributed by atoms with Gasteiger partial charge in [0, 0.05) is 23.4 Å². The quantitative estimate of drug-likeness (QED) is 0.825. The molecule has 1 fully saturated rings. The highest BCUT2D eigenvalue weighted by atomic mass is 32.1. The van der Waals surface area contributed by atoms with Crippen molar-refractivity contribution < 1.29 is 0 Å². The zero-order valence-corrected chi connectivity index (χ0v) is 13.6. The molecule has 0 spiro atoms. The molecule has 1 aromatic heterocycles. The third-order valence-electron chi connectivity index (χ3n) is 4.20. The zero-order chi connectivity index (χ0) is 13.9. The Morgan fingerprint density at radius 3 is 2.68 bits per heavy atom. The molecule has 2 unspecified atom stereocenters. The van der Waals surface area contributed by atoms with Crippen LogP contribution in [0.5, 0.6) is 0 Å². The van der Waals surface area contributed by atoms with Gasteiger partial charge in [0.1, 0.15) is 5.01 Å². The maximum atomic E-state index is 4.77. The van der Waals surface area contributed by atoms with Gasteiger partial charge in [0.25, 0.3) is 0 Å². The van der Waals surface area contributed by atoms with Crippen LogP contribution in [0.4, 0.5) is 0 Å². The van der Waals surface area contributed by atoms with Gasteiger partial charge in [0.15, 0.2) is 0 Å². The molecule has 0 aliphatic heterocycles. The van der Waals surface area contributed by atoms with Crippen LogP contribution in [-0.4, -0.2) is 11.0 Å². The predicted molar refractivity (Wildman–Crippen MR) is 83.7 cm³/mol. The molecule has 0 aromatic carbocycles. The van der Waals surface area contributed by atoms with Crippen LogP contribution in [0.2, 0.25) is 0 Å². The van der Waals surface area contributed by atoms with E-state index in [4.69, 9.17) is 4.98 Å². The van der Waals surface area contributed by atoms with Crippen LogP contribution in [0, 0.1) is 5.92 Å². The maximum absolute atomic E-state index is 4.77. The molecule has 0 radical (unpaired) electrons. The molecule has 1 saturated carbocycles. The van der Waals surface area contributed by atoms with E-state index in [2.05, 4.69) is 38.4 Å². The fraction of sp³-hybridized carbons (Fsp3) is 0.812. The molecule has 19 heavy (non-hydrogen) atoms. The maximum Gasteiger partial charge on any atom is 0.107 e. The smallest absolute Gasteiger partial charge is 0.107 e. The van der Waals surface area contributed by atoms with Crippen molar-refractivity contribution in [3.05, 3.63) is 16.1 Å². The van der Waals surface area contributed by atoms with E-state index in [-0.39, 0.29) is 5.41 Å². The summed E-state index contributed by atoms with van der Waals surface area (Å²) in [5, 5.41) is 7.19. The number of hydrogen-bond donors (Lipinski definition) is 1. The van der Waals surface area contributed by atoms with Gasteiger partial charge in [0.2, 0.25) is 0 Å². The van der Waals surface area contributed by atoms with Crippen molar-refractivity contribution in [2.24, 2.45) is 5.92 Å². The number of nitrogens with zero attached hydrogens (tertiary/aromatic N) is 1. The van der Waals surface area contributed by atoms with Crippen molar-refractivity contribution in [3.8, 4) is 0 Å². The van der Waals surface area contributed by atoms with E-state index in [1.54, 1.807) is 11.3 Å². The molecular formula is C16H28N2S. The summed E-state index contributed by atoms with van der Waals surface area (Å²) < 4.78 is 0. The Labute approximate surface area is 122 Å². The first-order chi connectivity index (χ1) is 8.97. The van der Waals surface area contributed by atoms with Gasteiger partial charge in [-0.25, -0.2) is 4.98 Å². The molecular weight excluding hydrogens is 252 g/mol. The van der Waals surface area contributed by atoms with Crippen LogP contribution in [0.3, 0.4) is 0 Å². The van der Waals surface area contributed by atoms with Crippen LogP contribution in [0.25, 0.3) is 0 Å². The summed E-state index contributed by atoms with van der Waals surface area (Å²) in [5.74, 6) is 0.810. The SMILES string of the molecule is CC1CCCCCC1NCc1nc(C(C)(C)C)cs1. The minimum atomic E-state index is 0.171.